The lowest BCUT2D eigenvalue weighted by Crippen LogP contribution is -2.21. The predicted octanol–water partition coefficient (Wildman–Crippen LogP) is 6.02. The van der Waals surface area contributed by atoms with Crippen LogP contribution in [-0.4, -0.2) is 29.1 Å². The van der Waals surface area contributed by atoms with Crippen molar-refractivity contribution < 1.29 is 4.79 Å². The maximum absolute atomic E-state index is 12.3. The van der Waals surface area contributed by atoms with E-state index in [0.717, 1.165) is 24.5 Å². The van der Waals surface area contributed by atoms with Gasteiger partial charge in [0.2, 0.25) is 5.95 Å². The molecule has 0 fully saturated rings. The Labute approximate surface area is 185 Å². The molecule has 0 spiro atoms. The van der Waals surface area contributed by atoms with E-state index in [9.17, 15) is 4.79 Å². The highest BCUT2D eigenvalue weighted by Crippen LogP contribution is 2.29. The van der Waals surface area contributed by atoms with Crippen molar-refractivity contribution in [2.45, 2.75) is 13.8 Å². The van der Waals surface area contributed by atoms with Gasteiger partial charge < -0.3 is 15.5 Å². The molecule has 3 N–H and O–H groups in total. The third-order valence-corrected chi connectivity index (χ3v) is 4.98. The second-order valence-electron chi connectivity index (χ2n) is 6.29. The van der Waals surface area contributed by atoms with Crippen molar-refractivity contribution in [2.75, 3.05) is 33.9 Å². The van der Waals surface area contributed by atoms with Crippen molar-refractivity contribution in [2.24, 2.45) is 0 Å². The molecule has 0 unspecified atom stereocenters. The van der Waals surface area contributed by atoms with E-state index < -0.39 is 6.03 Å². The SMILES string of the molecule is CCN(CC)c1ccc(Nc2ccnc(NC(=O)Nc3c(Cl)cccc3Cl)n2)cc1. The molecule has 3 aromatic rings. The van der Waals surface area contributed by atoms with Crippen molar-refractivity contribution in [3.63, 3.8) is 0 Å². The summed E-state index contributed by atoms with van der Waals surface area (Å²) in [5.41, 5.74) is 2.36. The molecule has 0 saturated carbocycles. The van der Waals surface area contributed by atoms with Gasteiger partial charge >= 0.3 is 6.03 Å². The van der Waals surface area contributed by atoms with E-state index in [1.54, 1.807) is 30.5 Å². The van der Waals surface area contributed by atoms with Crippen molar-refractivity contribution in [3.05, 3.63) is 64.8 Å². The number of hydrogen-bond donors (Lipinski definition) is 3. The van der Waals surface area contributed by atoms with E-state index in [2.05, 4.69) is 56.8 Å². The highest BCUT2D eigenvalue weighted by atomic mass is 35.5. The molecule has 2 amide bonds. The van der Waals surface area contributed by atoms with E-state index in [4.69, 9.17) is 23.2 Å². The number of nitrogens with one attached hydrogen (secondary N) is 3. The van der Waals surface area contributed by atoms with E-state index >= 15 is 0 Å². The quantitative estimate of drug-likeness (QED) is 0.415. The summed E-state index contributed by atoms with van der Waals surface area (Å²) in [4.78, 5) is 22.9. The number of rotatable bonds is 7. The molecule has 0 radical (unpaired) electrons. The monoisotopic (exact) mass is 444 g/mol. The molecule has 7 nitrogen and oxygen atoms in total. The van der Waals surface area contributed by atoms with Crippen LogP contribution in [0.1, 0.15) is 13.8 Å². The van der Waals surface area contributed by atoms with Crippen molar-refractivity contribution in [1.82, 2.24) is 9.97 Å². The predicted molar refractivity (Wildman–Crippen MR) is 124 cm³/mol. The van der Waals surface area contributed by atoms with Crippen LogP contribution in [0.3, 0.4) is 0 Å². The summed E-state index contributed by atoms with van der Waals surface area (Å²) in [6, 6.07) is 14.2. The fourth-order valence-electron chi connectivity index (χ4n) is 2.84. The smallest absolute Gasteiger partial charge is 0.326 e. The first-order valence-electron chi connectivity index (χ1n) is 9.47. The number of para-hydroxylation sites is 1. The molecule has 2 aromatic carbocycles. The zero-order valence-electron chi connectivity index (χ0n) is 16.6. The Hall–Kier alpha value is -3.03. The number of hydrogen-bond acceptors (Lipinski definition) is 5. The van der Waals surface area contributed by atoms with Crippen LogP contribution in [-0.2, 0) is 0 Å². The Balaban J connectivity index is 1.65. The number of urea groups is 1. The molecule has 9 heteroatoms. The molecule has 1 aromatic heterocycles. The van der Waals surface area contributed by atoms with Crippen LogP contribution in [0.15, 0.2) is 54.7 Å². The second kappa shape index (κ2) is 10.1. The lowest BCUT2D eigenvalue weighted by atomic mass is 10.2. The Morgan fingerprint density at radius 1 is 0.967 bits per heavy atom. The van der Waals surface area contributed by atoms with Crippen LogP contribution in [0.2, 0.25) is 10.0 Å². The maximum Gasteiger partial charge on any atom is 0.326 e. The lowest BCUT2D eigenvalue weighted by Gasteiger charge is -2.21. The first-order valence-corrected chi connectivity index (χ1v) is 10.2. The first kappa shape index (κ1) is 21.7. The van der Waals surface area contributed by atoms with Gasteiger partial charge in [0.15, 0.2) is 0 Å². The molecular weight excluding hydrogens is 423 g/mol. The van der Waals surface area contributed by atoms with Gasteiger partial charge in [-0.25, -0.2) is 9.78 Å². The van der Waals surface area contributed by atoms with Gasteiger partial charge in [0.05, 0.1) is 15.7 Å². The number of carbonyl (C=O) groups excluding carboxylic acids is 1. The van der Waals surface area contributed by atoms with Gasteiger partial charge in [0.1, 0.15) is 5.82 Å². The molecule has 1 heterocycles. The number of anilines is 5. The highest BCUT2D eigenvalue weighted by Gasteiger charge is 2.11. The summed E-state index contributed by atoms with van der Waals surface area (Å²) in [6.45, 7) is 6.15. The van der Waals surface area contributed by atoms with E-state index in [0.29, 0.717) is 21.6 Å². The van der Waals surface area contributed by atoms with Crippen LogP contribution in [0.5, 0.6) is 0 Å². The average molecular weight is 445 g/mol. The molecule has 156 valence electrons. The van der Waals surface area contributed by atoms with Gasteiger partial charge in [-0.2, -0.15) is 4.98 Å². The molecular formula is C21H22Cl2N6O. The van der Waals surface area contributed by atoms with Crippen LogP contribution < -0.4 is 20.9 Å². The number of carbonyl (C=O) groups is 1. The minimum absolute atomic E-state index is 0.139. The van der Waals surface area contributed by atoms with Gasteiger partial charge in [-0.3, -0.25) is 5.32 Å². The maximum atomic E-state index is 12.3. The third kappa shape index (κ3) is 5.52. The summed E-state index contributed by atoms with van der Waals surface area (Å²) in [5.74, 6) is 0.687. The summed E-state index contributed by atoms with van der Waals surface area (Å²) >= 11 is 12.1. The number of halogens is 2. The third-order valence-electron chi connectivity index (χ3n) is 4.35. The zero-order valence-corrected chi connectivity index (χ0v) is 18.1. The summed E-state index contributed by atoms with van der Waals surface area (Å²) < 4.78 is 0. The zero-order chi connectivity index (χ0) is 21.5. The molecule has 3 rings (SSSR count). The summed E-state index contributed by atoms with van der Waals surface area (Å²) in [7, 11) is 0. The number of benzene rings is 2. The van der Waals surface area contributed by atoms with Gasteiger partial charge in [-0.05, 0) is 56.3 Å². The Bertz CT molecular complexity index is 988. The number of amides is 2. The highest BCUT2D eigenvalue weighted by molar-refractivity contribution is 6.39. The van der Waals surface area contributed by atoms with Crippen LogP contribution in [0, 0.1) is 0 Å². The van der Waals surface area contributed by atoms with Gasteiger partial charge in [-0.1, -0.05) is 29.3 Å². The molecule has 0 aliphatic rings. The normalized spacial score (nSPS) is 10.4. The number of nitrogens with zero attached hydrogens (tertiary/aromatic N) is 3. The van der Waals surface area contributed by atoms with Gasteiger partial charge in [0.25, 0.3) is 0 Å². The van der Waals surface area contributed by atoms with E-state index in [1.807, 2.05) is 12.1 Å². The molecule has 0 saturated heterocycles. The van der Waals surface area contributed by atoms with Gasteiger partial charge in [0, 0.05) is 30.7 Å². The fourth-order valence-corrected chi connectivity index (χ4v) is 3.34. The van der Waals surface area contributed by atoms with E-state index in [1.165, 1.54) is 0 Å². The van der Waals surface area contributed by atoms with Gasteiger partial charge in [-0.15, -0.1) is 0 Å². The van der Waals surface area contributed by atoms with E-state index in [-0.39, 0.29) is 5.95 Å². The second-order valence-corrected chi connectivity index (χ2v) is 7.10. The number of aromatic nitrogens is 2. The molecule has 30 heavy (non-hydrogen) atoms. The minimum atomic E-state index is -0.550. The topological polar surface area (TPSA) is 82.2 Å². The lowest BCUT2D eigenvalue weighted by molar-refractivity contribution is 0.262. The Morgan fingerprint density at radius 3 is 2.27 bits per heavy atom. The largest absolute Gasteiger partial charge is 0.372 e. The average Bonchev–Trinajstić information content (AvgIpc) is 2.73. The van der Waals surface area contributed by atoms with Crippen molar-refractivity contribution in [3.8, 4) is 0 Å². The Morgan fingerprint density at radius 2 is 1.63 bits per heavy atom. The standard InChI is InChI=1S/C21H22Cl2N6O/c1-3-29(4-2)15-10-8-14(9-11-15)25-18-12-13-24-20(26-18)28-21(30)27-19-16(22)6-5-7-17(19)23/h5-13H,3-4H2,1-2H3,(H3,24,25,26,27,28,30). The summed E-state index contributed by atoms with van der Waals surface area (Å²) in [5, 5.41) is 9.05. The summed E-state index contributed by atoms with van der Waals surface area (Å²) in [6.07, 6.45) is 1.55. The molecule has 0 bridgehead atoms. The fraction of sp³-hybridized carbons (Fsp3) is 0.190. The molecule has 0 atom stereocenters. The molecule has 0 aliphatic heterocycles. The van der Waals surface area contributed by atoms with Crippen molar-refractivity contribution in [1.29, 1.82) is 0 Å². The van der Waals surface area contributed by atoms with Crippen LogP contribution in [0.25, 0.3) is 0 Å². The van der Waals surface area contributed by atoms with Crippen molar-refractivity contribution >= 4 is 58.1 Å². The first-order chi connectivity index (χ1) is 14.5. The minimum Gasteiger partial charge on any atom is -0.372 e. The van der Waals surface area contributed by atoms with Crippen LogP contribution in [0.4, 0.5) is 33.6 Å². The van der Waals surface area contributed by atoms with Crippen LogP contribution >= 0.6 is 23.2 Å². The molecule has 0 aliphatic carbocycles. The Kier molecular flexibility index (Phi) is 7.32.